The molecule has 0 rings (SSSR count). The Morgan fingerprint density at radius 2 is 1.33 bits per heavy atom. The number of rotatable bonds is 0. The fourth-order valence-electron chi connectivity index (χ4n) is 0. The van der Waals surface area contributed by atoms with E-state index in [2.05, 4.69) is 0 Å². The molecule has 6 heavy (non-hydrogen) atoms. The average Bonchev–Trinajstić information content (AvgIpc) is 0.811. The standard InChI is InChI=1S/Cu.O3Si.Y/c;1-4(2)3;/q+1;-2;+3. The van der Waals surface area contributed by atoms with Gasteiger partial charge in [-0.15, -0.1) is 0 Å². The van der Waals surface area contributed by atoms with Gasteiger partial charge in [0.15, 0.2) is 0 Å². The molecule has 34 valence electrons. The van der Waals surface area contributed by atoms with Crippen molar-refractivity contribution in [3.63, 3.8) is 0 Å². The summed E-state index contributed by atoms with van der Waals surface area (Å²) < 4.78 is 8.52. The molecule has 0 amide bonds. The minimum absolute atomic E-state index is 0. The molecule has 0 aliphatic carbocycles. The molecule has 0 fully saturated rings. The minimum Gasteiger partial charge on any atom is -0.672 e. The van der Waals surface area contributed by atoms with Gasteiger partial charge in [-0.3, -0.25) is 0 Å². The third-order valence-corrected chi connectivity index (χ3v) is 0. The second-order valence-corrected chi connectivity index (χ2v) is 0.750. The van der Waals surface area contributed by atoms with Crippen LogP contribution in [0.3, 0.4) is 0 Å². The second kappa shape index (κ2) is 9.53. The van der Waals surface area contributed by atoms with Gasteiger partial charge in [0.1, 0.15) is 0 Å². The van der Waals surface area contributed by atoms with Gasteiger partial charge in [-0.05, 0) is 0 Å². The molecular weight excluding hydrogens is 229 g/mol. The van der Waals surface area contributed by atoms with E-state index in [1.165, 1.54) is 0 Å². The summed E-state index contributed by atoms with van der Waals surface area (Å²) in [5.74, 6) is 0. The first-order valence-electron chi connectivity index (χ1n) is 0.612. The van der Waals surface area contributed by atoms with E-state index in [1.54, 1.807) is 0 Å². The molecule has 0 bridgehead atoms. The molecule has 0 radical (unpaired) electrons. The molecular formula is CuO3SiY+2. The van der Waals surface area contributed by atoms with Gasteiger partial charge < -0.3 is 14.1 Å². The first kappa shape index (κ1) is 15.7. The quantitative estimate of drug-likeness (QED) is 0.419. The molecule has 0 spiro atoms. The van der Waals surface area contributed by atoms with Gasteiger partial charge in [0.2, 0.25) is 0 Å². The average molecular weight is 229 g/mol. The molecule has 3 nitrogen and oxygen atoms in total. The monoisotopic (exact) mass is 228 g/mol. The zero-order valence-electron chi connectivity index (χ0n) is 2.60. The van der Waals surface area contributed by atoms with E-state index in [4.69, 9.17) is 14.1 Å². The van der Waals surface area contributed by atoms with Gasteiger partial charge in [-0.2, -0.15) is 0 Å². The van der Waals surface area contributed by atoms with Gasteiger partial charge >= 0.3 is 49.8 Å². The third-order valence-electron chi connectivity index (χ3n) is 0. The third kappa shape index (κ3) is 61.3. The van der Waals surface area contributed by atoms with Crippen molar-refractivity contribution in [2.45, 2.75) is 0 Å². The summed E-state index contributed by atoms with van der Waals surface area (Å²) in [6.07, 6.45) is 0. The van der Waals surface area contributed by atoms with E-state index < -0.39 is 9.17 Å². The van der Waals surface area contributed by atoms with Crippen LogP contribution in [0, 0.1) is 0 Å². The van der Waals surface area contributed by atoms with Crippen LogP contribution in [0.1, 0.15) is 0 Å². The van der Waals surface area contributed by atoms with Crippen LogP contribution in [-0.2, 0) is 54.2 Å². The first-order chi connectivity index (χ1) is 1.73. The summed E-state index contributed by atoms with van der Waals surface area (Å²) in [6.45, 7) is 0. The molecule has 0 atom stereocenters. The maximum atomic E-state index is 8.52. The fraction of sp³-hybridized carbons (Fsp3) is 0. The fourth-order valence-corrected chi connectivity index (χ4v) is 0. The first-order valence-corrected chi connectivity index (χ1v) is 1.84. The Labute approximate surface area is 72.4 Å². The Morgan fingerprint density at radius 3 is 1.33 bits per heavy atom. The maximum absolute atomic E-state index is 8.52. The van der Waals surface area contributed by atoms with Crippen LogP contribution in [0.4, 0.5) is 0 Å². The van der Waals surface area contributed by atoms with Crippen molar-refractivity contribution < 1.29 is 63.8 Å². The van der Waals surface area contributed by atoms with Gasteiger partial charge in [0.05, 0.1) is 0 Å². The van der Waals surface area contributed by atoms with E-state index in [0.717, 1.165) is 0 Å². The molecule has 0 heterocycles. The van der Waals surface area contributed by atoms with Gasteiger partial charge in [0.25, 0.3) is 0 Å². The summed E-state index contributed by atoms with van der Waals surface area (Å²) in [5.41, 5.74) is 0. The summed E-state index contributed by atoms with van der Waals surface area (Å²) in [7, 11) is -3.63. The van der Waals surface area contributed by atoms with Crippen molar-refractivity contribution in [2.24, 2.45) is 0 Å². The topological polar surface area (TPSA) is 63.2 Å². The molecule has 0 aliphatic heterocycles. The number of hydrogen-bond donors (Lipinski definition) is 0. The second-order valence-electron chi connectivity index (χ2n) is 0.250. The zero-order valence-corrected chi connectivity index (χ0v) is 7.38. The summed E-state index contributed by atoms with van der Waals surface area (Å²) in [5, 5.41) is 0. The molecule has 0 N–H and O–H groups in total. The number of hydrogen-bond acceptors (Lipinski definition) is 3. The van der Waals surface area contributed by atoms with Crippen LogP contribution in [-0.4, -0.2) is 9.17 Å². The maximum Gasteiger partial charge on any atom is 3.00 e. The van der Waals surface area contributed by atoms with Crippen molar-refractivity contribution in [3.8, 4) is 0 Å². The van der Waals surface area contributed by atoms with Crippen LogP contribution >= 0.6 is 0 Å². The van der Waals surface area contributed by atoms with E-state index in [9.17, 15) is 0 Å². The largest absolute Gasteiger partial charge is 3.00 e. The van der Waals surface area contributed by atoms with Crippen LogP contribution in [0.15, 0.2) is 0 Å². The van der Waals surface area contributed by atoms with Crippen LogP contribution in [0.5, 0.6) is 0 Å². The Kier molecular flexibility index (Phi) is 24.9. The van der Waals surface area contributed by atoms with Gasteiger partial charge in [0, 0.05) is 9.17 Å². The molecule has 0 aliphatic rings. The predicted molar refractivity (Wildman–Crippen MR) is 6.44 cm³/mol. The van der Waals surface area contributed by atoms with Crippen molar-refractivity contribution in [2.75, 3.05) is 0 Å². The molecule has 0 aromatic carbocycles. The van der Waals surface area contributed by atoms with Gasteiger partial charge in [-0.1, -0.05) is 0 Å². The van der Waals surface area contributed by atoms with Crippen LogP contribution < -0.4 is 9.59 Å². The molecule has 6 heteroatoms. The SMILES string of the molecule is O=[Si]([O-])[O-].[Cu+].[Y+3]. The van der Waals surface area contributed by atoms with E-state index in [-0.39, 0.29) is 49.8 Å². The van der Waals surface area contributed by atoms with Crippen molar-refractivity contribution in [3.05, 3.63) is 0 Å². The molecule has 0 unspecified atom stereocenters. The van der Waals surface area contributed by atoms with Crippen molar-refractivity contribution >= 4 is 9.17 Å². The van der Waals surface area contributed by atoms with E-state index in [0.29, 0.717) is 0 Å². The van der Waals surface area contributed by atoms with E-state index in [1.807, 2.05) is 0 Å². The normalized spacial score (nSPS) is 4.00. The van der Waals surface area contributed by atoms with Crippen LogP contribution in [0.25, 0.3) is 0 Å². The van der Waals surface area contributed by atoms with Gasteiger partial charge in [-0.25, -0.2) is 0 Å². The molecule has 0 aromatic rings. The van der Waals surface area contributed by atoms with Crippen molar-refractivity contribution in [1.29, 1.82) is 0 Å². The predicted octanol–water partition coefficient (Wildman–Crippen LogP) is -2.88. The Bertz CT molecular complexity index is 33.8. The molecule has 0 saturated heterocycles. The smallest absolute Gasteiger partial charge is 0.672 e. The molecule has 0 aromatic heterocycles. The summed E-state index contributed by atoms with van der Waals surface area (Å²) in [4.78, 5) is 17.0. The molecule has 0 saturated carbocycles. The van der Waals surface area contributed by atoms with Crippen molar-refractivity contribution in [1.82, 2.24) is 0 Å². The Balaban J connectivity index is -0.0000000450. The van der Waals surface area contributed by atoms with E-state index >= 15 is 0 Å². The summed E-state index contributed by atoms with van der Waals surface area (Å²) in [6, 6.07) is 0. The van der Waals surface area contributed by atoms with Crippen LogP contribution in [0.2, 0.25) is 0 Å². The summed E-state index contributed by atoms with van der Waals surface area (Å²) >= 11 is 0. The zero-order chi connectivity index (χ0) is 3.58. The Morgan fingerprint density at radius 1 is 1.33 bits per heavy atom. The Hall–Kier alpha value is 1.24. The minimum atomic E-state index is -3.63.